The molecule has 0 saturated heterocycles. The minimum atomic E-state index is -0.00838. The molecule has 2 aromatic rings. The van der Waals surface area contributed by atoms with Crippen molar-refractivity contribution < 1.29 is 9.15 Å². The molecular formula is C13H19N5O2S. The van der Waals surface area contributed by atoms with Gasteiger partial charge in [0.15, 0.2) is 0 Å². The van der Waals surface area contributed by atoms with Crippen molar-refractivity contribution in [3.63, 3.8) is 0 Å². The number of ether oxygens (including phenoxy) is 1. The molecule has 0 bridgehead atoms. The molecule has 2 rings (SSSR count). The molecule has 2 aromatic heterocycles. The molecule has 0 aromatic carbocycles. The maximum Gasteiger partial charge on any atom is 0.322 e. The van der Waals surface area contributed by atoms with E-state index in [9.17, 15) is 0 Å². The van der Waals surface area contributed by atoms with Crippen LogP contribution in [0.5, 0.6) is 6.01 Å². The summed E-state index contributed by atoms with van der Waals surface area (Å²) in [6, 6.07) is 0.290. The number of rotatable bonds is 6. The number of oxazole rings is 1. The molecule has 0 aliphatic carbocycles. The average molecular weight is 309 g/mol. The Kier molecular flexibility index (Phi) is 5.00. The van der Waals surface area contributed by atoms with E-state index in [0.29, 0.717) is 28.9 Å². The summed E-state index contributed by atoms with van der Waals surface area (Å²) in [5, 5.41) is 4.05. The predicted molar refractivity (Wildman–Crippen MR) is 79.9 cm³/mol. The van der Waals surface area contributed by atoms with Gasteiger partial charge in [0.1, 0.15) is 5.76 Å². The van der Waals surface area contributed by atoms with Gasteiger partial charge in [-0.2, -0.15) is 15.0 Å². The Morgan fingerprint density at radius 3 is 2.52 bits per heavy atom. The largest absolute Gasteiger partial charge is 0.461 e. The fourth-order valence-electron chi connectivity index (χ4n) is 1.45. The van der Waals surface area contributed by atoms with Crippen molar-refractivity contribution in [3.05, 3.63) is 11.5 Å². The van der Waals surface area contributed by atoms with E-state index >= 15 is 0 Å². The fraction of sp³-hybridized carbons (Fsp3) is 0.538. The molecule has 0 amide bonds. The molecule has 0 unspecified atom stereocenters. The summed E-state index contributed by atoms with van der Waals surface area (Å²) < 4.78 is 11.1. The second-order valence-corrected chi connectivity index (χ2v) is 5.56. The Labute approximate surface area is 128 Å². The topological polar surface area (TPSA) is 86.0 Å². The van der Waals surface area contributed by atoms with Gasteiger partial charge < -0.3 is 14.5 Å². The highest BCUT2D eigenvalue weighted by Crippen LogP contribution is 2.27. The van der Waals surface area contributed by atoms with Gasteiger partial charge >= 0.3 is 6.01 Å². The zero-order valence-corrected chi connectivity index (χ0v) is 13.6. The third kappa shape index (κ3) is 4.32. The van der Waals surface area contributed by atoms with Crippen molar-refractivity contribution in [2.24, 2.45) is 0 Å². The van der Waals surface area contributed by atoms with E-state index in [-0.39, 0.29) is 6.10 Å². The molecule has 0 fully saturated rings. The SMILES string of the molecule is CCNc1nc(OC(C)C)nc(Sc2nc(C)c(C)o2)n1. The van der Waals surface area contributed by atoms with Crippen LogP contribution in [-0.4, -0.2) is 32.6 Å². The predicted octanol–water partition coefficient (Wildman–Crippen LogP) is 2.85. The van der Waals surface area contributed by atoms with Gasteiger partial charge in [-0.1, -0.05) is 0 Å². The Morgan fingerprint density at radius 2 is 1.95 bits per heavy atom. The summed E-state index contributed by atoms with van der Waals surface area (Å²) in [7, 11) is 0. The summed E-state index contributed by atoms with van der Waals surface area (Å²) in [4.78, 5) is 17.1. The van der Waals surface area contributed by atoms with E-state index in [2.05, 4.69) is 25.3 Å². The van der Waals surface area contributed by atoms with Crippen molar-refractivity contribution in [1.82, 2.24) is 19.9 Å². The fourth-order valence-corrected chi connectivity index (χ4v) is 2.21. The summed E-state index contributed by atoms with van der Waals surface area (Å²) in [5.74, 6) is 1.27. The van der Waals surface area contributed by atoms with Crippen molar-refractivity contribution >= 4 is 17.7 Å². The minimum absolute atomic E-state index is 0.00838. The van der Waals surface area contributed by atoms with Crippen LogP contribution in [0.4, 0.5) is 5.95 Å². The van der Waals surface area contributed by atoms with Gasteiger partial charge in [0.05, 0.1) is 11.8 Å². The van der Waals surface area contributed by atoms with Gasteiger partial charge in [-0.15, -0.1) is 0 Å². The lowest BCUT2D eigenvalue weighted by Crippen LogP contribution is -2.11. The molecule has 1 N–H and O–H groups in total. The number of aryl methyl sites for hydroxylation is 2. The van der Waals surface area contributed by atoms with Crippen LogP contribution < -0.4 is 10.1 Å². The molecule has 0 atom stereocenters. The van der Waals surface area contributed by atoms with Crippen LogP contribution >= 0.6 is 11.8 Å². The zero-order valence-electron chi connectivity index (χ0n) is 12.8. The second kappa shape index (κ2) is 6.75. The minimum Gasteiger partial charge on any atom is -0.461 e. The Balaban J connectivity index is 2.26. The maximum absolute atomic E-state index is 5.54. The van der Waals surface area contributed by atoms with Crippen LogP contribution in [0.2, 0.25) is 0 Å². The van der Waals surface area contributed by atoms with E-state index in [1.165, 1.54) is 11.8 Å². The van der Waals surface area contributed by atoms with Crippen LogP contribution in [0.1, 0.15) is 32.2 Å². The lowest BCUT2D eigenvalue weighted by atomic mass is 10.4. The van der Waals surface area contributed by atoms with Crippen molar-refractivity contribution in [2.75, 3.05) is 11.9 Å². The first-order chi connectivity index (χ1) is 9.97. The molecule has 0 saturated carbocycles. The number of nitrogens with one attached hydrogen (secondary N) is 1. The summed E-state index contributed by atoms with van der Waals surface area (Å²) in [6.07, 6.45) is -0.00838. The van der Waals surface area contributed by atoms with Crippen molar-refractivity contribution in [1.29, 1.82) is 0 Å². The highest BCUT2D eigenvalue weighted by molar-refractivity contribution is 7.98. The van der Waals surface area contributed by atoms with E-state index in [1.807, 2.05) is 34.6 Å². The van der Waals surface area contributed by atoms with E-state index in [0.717, 1.165) is 11.5 Å². The molecule has 114 valence electrons. The van der Waals surface area contributed by atoms with Gasteiger partial charge in [0.25, 0.3) is 5.22 Å². The van der Waals surface area contributed by atoms with Gasteiger partial charge in [0.2, 0.25) is 11.1 Å². The molecule has 8 heteroatoms. The Morgan fingerprint density at radius 1 is 1.19 bits per heavy atom. The van der Waals surface area contributed by atoms with Gasteiger partial charge in [-0.25, -0.2) is 4.98 Å². The van der Waals surface area contributed by atoms with Crippen LogP contribution in [-0.2, 0) is 0 Å². The smallest absolute Gasteiger partial charge is 0.322 e. The highest BCUT2D eigenvalue weighted by atomic mass is 32.2. The van der Waals surface area contributed by atoms with Crippen LogP contribution in [0.3, 0.4) is 0 Å². The van der Waals surface area contributed by atoms with E-state index in [1.54, 1.807) is 0 Å². The average Bonchev–Trinajstić information content (AvgIpc) is 2.67. The van der Waals surface area contributed by atoms with E-state index in [4.69, 9.17) is 9.15 Å². The Hall–Kier alpha value is -1.83. The molecule has 2 heterocycles. The first kappa shape index (κ1) is 15.6. The normalized spacial score (nSPS) is 11.0. The molecular weight excluding hydrogens is 290 g/mol. The number of aromatic nitrogens is 4. The van der Waals surface area contributed by atoms with Crippen molar-refractivity contribution in [3.8, 4) is 6.01 Å². The first-order valence-electron chi connectivity index (χ1n) is 6.76. The third-order valence-corrected chi connectivity index (χ3v) is 3.17. The lowest BCUT2D eigenvalue weighted by Gasteiger charge is -2.09. The molecule has 0 radical (unpaired) electrons. The van der Waals surface area contributed by atoms with E-state index < -0.39 is 0 Å². The second-order valence-electron chi connectivity index (χ2n) is 4.64. The summed E-state index contributed by atoms with van der Waals surface area (Å²) in [6.45, 7) is 10.3. The number of hydrogen-bond acceptors (Lipinski definition) is 8. The lowest BCUT2D eigenvalue weighted by molar-refractivity contribution is 0.219. The number of hydrogen-bond donors (Lipinski definition) is 1. The molecule has 7 nitrogen and oxygen atoms in total. The summed E-state index contributed by atoms with van der Waals surface area (Å²) in [5.41, 5.74) is 0.858. The van der Waals surface area contributed by atoms with Crippen LogP contribution in [0.15, 0.2) is 14.8 Å². The highest BCUT2D eigenvalue weighted by Gasteiger charge is 2.13. The quantitative estimate of drug-likeness (QED) is 0.871. The van der Waals surface area contributed by atoms with Gasteiger partial charge in [0, 0.05) is 18.3 Å². The Bertz CT molecular complexity index is 595. The molecule has 21 heavy (non-hydrogen) atoms. The van der Waals surface area contributed by atoms with Crippen LogP contribution in [0, 0.1) is 13.8 Å². The third-order valence-electron chi connectivity index (χ3n) is 2.46. The van der Waals surface area contributed by atoms with Gasteiger partial charge in [-0.3, -0.25) is 0 Å². The standard InChI is InChI=1S/C13H19N5O2S/c1-6-14-10-16-11(19-7(2)3)18-12(17-10)21-13-15-8(4)9(5)20-13/h7H,6H2,1-5H3,(H,14,16,17,18). The monoisotopic (exact) mass is 309 g/mol. The first-order valence-corrected chi connectivity index (χ1v) is 7.58. The molecule has 0 aliphatic rings. The zero-order chi connectivity index (χ0) is 15.4. The maximum atomic E-state index is 5.54. The van der Waals surface area contributed by atoms with Crippen LogP contribution in [0.25, 0.3) is 0 Å². The number of anilines is 1. The van der Waals surface area contributed by atoms with Gasteiger partial charge in [-0.05, 0) is 34.6 Å². The van der Waals surface area contributed by atoms with Crippen molar-refractivity contribution in [2.45, 2.75) is 51.1 Å². The molecule has 0 aliphatic heterocycles. The summed E-state index contributed by atoms with van der Waals surface area (Å²) >= 11 is 1.24. The molecule has 0 spiro atoms. The number of nitrogens with zero attached hydrogens (tertiary/aromatic N) is 4.